The smallest absolute Gasteiger partial charge is 0.335 e. The first-order chi connectivity index (χ1) is 9.96. The maximum atomic E-state index is 12.3. The van der Waals surface area contributed by atoms with Gasteiger partial charge in [-0.2, -0.15) is 0 Å². The number of carbonyl (C=O) groups is 2. The zero-order chi connectivity index (χ0) is 15.5. The van der Waals surface area contributed by atoms with E-state index in [1.807, 2.05) is 19.2 Å². The summed E-state index contributed by atoms with van der Waals surface area (Å²) in [5.74, 6) is -1.51. The lowest BCUT2D eigenvalue weighted by Crippen LogP contribution is -2.43. The predicted octanol–water partition coefficient (Wildman–Crippen LogP) is 2.29. The van der Waals surface area contributed by atoms with Gasteiger partial charge in [-0.05, 0) is 25.5 Å². The molecule has 0 aliphatic rings. The Labute approximate surface area is 125 Å². The van der Waals surface area contributed by atoms with Gasteiger partial charge in [-0.1, -0.05) is 6.92 Å². The lowest BCUT2D eigenvalue weighted by molar-refractivity contribution is 0.0696. The third-order valence-electron chi connectivity index (χ3n) is 3.24. The Bertz CT molecular complexity index is 657. The minimum Gasteiger partial charge on any atom is -0.478 e. The van der Waals surface area contributed by atoms with E-state index >= 15 is 0 Å². The molecule has 2 rings (SSSR count). The molecule has 0 aliphatic heterocycles. The summed E-state index contributed by atoms with van der Waals surface area (Å²) >= 11 is 1.46. The van der Waals surface area contributed by atoms with E-state index in [9.17, 15) is 9.59 Å². The van der Waals surface area contributed by atoms with E-state index in [1.54, 1.807) is 6.20 Å². The van der Waals surface area contributed by atoms with Gasteiger partial charge in [0.05, 0.1) is 11.1 Å². The molecule has 7 heteroatoms. The summed E-state index contributed by atoms with van der Waals surface area (Å²) in [5, 5.41) is 14.5. The van der Waals surface area contributed by atoms with Gasteiger partial charge >= 0.3 is 5.97 Å². The zero-order valence-corrected chi connectivity index (χ0v) is 12.5. The zero-order valence-electron chi connectivity index (χ0n) is 11.7. The first-order valence-electron chi connectivity index (χ1n) is 6.38. The number of thiazole rings is 1. The van der Waals surface area contributed by atoms with Gasteiger partial charge in [0.2, 0.25) is 0 Å². The molecule has 1 unspecified atom stereocenters. The third kappa shape index (κ3) is 3.25. The van der Waals surface area contributed by atoms with Crippen LogP contribution in [0.2, 0.25) is 0 Å². The number of nitrogens with zero attached hydrogens (tertiary/aromatic N) is 2. The van der Waals surface area contributed by atoms with E-state index < -0.39 is 17.4 Å². The lowest BCUT2D eigenvalue weighted by atomic mass is 9.99. The van der Waals surface area contributed by atoms with E-state index in [1.165, 1.54) is 29.7 Å². The standard InChI is InChI=1S/C14H15N3O3S/c1-3-14(2,13-16-6-7-21-13)17-11(18)10-8-9(12(19)20)4-5-15-10/h4-8H,3H2,1-2H3,(H,17,18)(H,19,20). The molecule has 6 nitrogen and oxygen atoms in total. The summed E-state index contributed by atoms with van der Waals surface area (Å²) in [7, 11) is 0. The predicted molar refractivity (Wildman–Crippen MR) is 78.4 cm³/mol. The average Bonchev–Trinajstić information content (AvgIpc) is 3.02. The van der Waals surface area contributed by atoms with E-state index in [2.05, 4.69) is 15.3 Å². The van der Waals surface area contributed by atoms with Crippen LogP contribution >= 0.6 is 11.3 Å². The largest absolute Gasteiger partial charge is 0.478 e. The maximum Gasteiger partial charge on any atom is 0.335 e. The molecule has 1 atom stereocenters. The fourth-order valence-electron chi connectivity index (χ4n) is 1.79. The van der Waals surface area contributed by atoms with Crippen LogP contribution in [-0.4, -0.2) is 27.0 Å². The number of nitrogens with one attached hydrogen (secondary N) is 1. The summed E-state index contributed by atoms with van der Waals surface area (Å²) in [6, 6.07) is 2.61. The van der Waals surface area contributed by atoms with Crippen molar-refractivity contribution in [3.05, 3.63) is 46.2 Å². The van der Waals surface area contributed by atoms with Crippen molar-refractivity contribution in [2.75, 3.05) is 0 Å². The van der Waals surface area contributed by atoms with Crippen LogP contribution in [0.15, 0.2) is 29.9 Å². The molecule has 2 aromatic rings. The van der Waals surface area contributed by atoms with Crippen molar-refractivity contribution in [1.82, 2.24) is 15.3 Å². The molecule has 21 heavy (non-hydrogen) atoms. The van der Waals surface area contributed by atoms with Gasteiger partial charge in [-0.25, -0.2) is 9.78 Å². The Balaban J connectivity index is 2.24. The van der Waals surface area contributed by atoms with Crippen molar-refractivity contribution in [2.45, 2.75) is 25.8 Å². The van der Waals surface area contributed by atoms with Gasteiger partial charge in [0.15, 0.2) is 0 Å². The molecule has 0 bridgehead atoms. The Kier molecular flexibility index (Phi) is 4.32. The number of amides is 1. The van der Waals surface area contributed by atoms with Crippen molar-refractivity contribution in [3.63, 3.8) is 0 Å². The molecular formula is C14H15N3O3S. The molecule has 0 saturated heterocycles. The topological polar surface area (TPSA) is 92.2 Å². The summed E-state index contributed by atoms with van der Waals surface area (Å²) in [6.45, 7) is 3.83. The van der Waals surface area contributed by atoms with Crippen LogP contribution in [0.25, 0.3) is 0 Å². The maximum absolute atomic E-state index is 12.3. The first-order valence-corrected chi connectivity index (χ1v) is 7.26. The molecule has 110 valence electrons. The number of pyridine rings is 1. The van der Waals surface area contributed by atoms with Gasteiger partial charge in [-0.15, -0.1) is 11.3 Å². The monoisotopic (exact) mass is 305 g/mol. The molecule has 0 aliphatic carbocycles. The number of aromatic nitrogens is 2. The highest BCUT2D eigenvalue weighted by Gasteiger charge is 2.30. The van der Waals surface area contributed by atoms with Gasteiger partial charge in [0.1, 0.15) is 10.7 Å². The Morgan fingerprint density at radius 2 is 2.14 bits per heavy atom. The normalized spacial score (nSPS) is 13.4. The van der Waals surface area contributed by atoms with Crippen molar-refractivity contribution < 1.29 is 14.7 Å². The molecule has 0 saturated carbocycles. The van der Waals surface area contributed by atoms with Crippen LogP contribution < -0.4 is 5.32 Å². The van der Waals surface area contributed by atoms with Crippen molar-refractivity contribution in [2.24, 2.45) is 0 Å². The Hall–Kier alpha value is -2.28. The fraction of sp³-hybridized carbons (Fsp3) is 0.286. The number of aromatic carboxylic acids is 1. The number of carboxylic acids is 1. The fourth-order valence-corrected chi connectivity index (χ4v) is 2.62. The molecule has 0 aromatic carbocycles. The summed E-state index contributed by atoms with van der Waals surface area (Å²) < 4.78 is 0. The molecule has 0 fully saturated rings. The van der Waals surface area contributed by atoms with Crippen molar-refractivity contribution in [3.8, 4) is 0 Å². The van der Waals surface area contributed by atoms with Gasteiger partial charge < -0.3 is 10.4 Å². The highest BCUT2D eigenvalue weighted by atomic mass is 32.1. The molecule has 0 radical (unpaired) electrons. The average molecular weight is 305 g/mol. The Morgan fingerprint density at radius 1 is 1.38 bits per heavy atom. The summed E-state index contributed by atoms with van der Waals surface area (Å²) in [5.41, 5.74) is -0.500. The van der Waals surface area contributed by atoms with Crippen LogP contribution in [0.1, 0.15) is 46.1 Å². The second kappa shape index (κ2) is 6.01. The second-order valence-electron chi connectivity index (χ2n) is 4.71. The van der Waals surface area contributed by atoms with Crippen LogP contribution in [0.5, 0.6) is 0 Å². The molecule has 2 aromatic heterocycles. The number of hydrogen-bond donors (Lipinski definition) is 2. The lowest BCUT2D eigenvalue weighted by Gasteiger charge is -2.27. The quantitative estimate of drug-likeness (QED) is 0.884. The van der Waals surface area contributed by atoms with Gasteiger partial charge in [0, 0.05) is 17.8 Å². The first kappa shape index (κ1) is 15.1. The van der Waals surface area contributed by atoms with Crippen LogP contribution in [0.4, 0.5) is 0 Å². The second-order valence-corrected chi connectivity index (χ2v) is 5.61. The number of carbonyl (C=O) groups excluding carboxylic acids is 1. The SMILES string of the molecule is CCC(C)(NC(=O)c1cc(C(=O)O)ccn1)c1nccs1. The van der Waals surface area contributed by atoms with E-state index in [4.69, 9.17) is 5.11 Å². The third-order valence-corrected chi connectivity index (χ3v) is 4.28. The molecule has 2 N–H and O–H groups in total. The van der Waals surface area contributed by atoms with Crippen LogP contribution in [0, 0.1) is 0 Å². The van der Waals surface area contributed by atoms with E-state index in [0.717, 1.165) is 5.01 Å². The van der Waals surface area contributed by atoms with Crippen molar-refractivity contribution >= 4 is 23.2 Å². The highest BCUT2D eigenvalue weighted by molar-refractivity contribution is 7.09. The molecule has 0 spiro atoms. The number of rotatable bonds is 5. The molecule has 2 heterocycles. The minimum atomic E-state index is -1.09. The van der Waals surface area contributed by atoms with E-state index in [-0.39, 0.29) is 11.3 Å². The van der Waals surface area contributed by atoms with E-state index in [0.29, 0.717) is 6.42 Å². The number of hydrogen-bond acceptors (Lipinski definition) is 5. The Morgan fingerprint density at radius 3 is 2.71 bits per heavy atom. The minimum absolute atomic E-state index is 0.0302. The van der Waals surface area contributed by atoms with Gasteiger partial charge in [-0.3, -0.25) is 9.78 Å². The molecular weight excluding hydrogens is 290 g/mol. The molecule has 1 amide bonds. The summed E-state index contributed by atoms with van der Waals surface area (Å²) in [4.78, 5) is 31.4. The van der Waals surface area contributed by atoms with Crippen LogP contribution in [0.3, 0.4) is 0 Å². The summed E-state index contributed by atoms with van der Waals surface area (Å²) in [6.07, 6.45) is 3.65. The van der Waals surface area contributed by atoms with Crippen LogP contribution in [-0.2, 0) is 5.54 Å². The highest BCUT2D eigenvalue weighted by Crippen LogP contribution is 2.26. The van der Waals surface area contributed by atoms with Gasteiger partial charge in [0.25, 0.3) is 5.91 Å². The number of carboxylic acid groups (broad SMARTS) is 1. The van der Waals surface area contributed by atoms with Crippen molar-refractivity contribution in [1.29, 1.82) is 0 Å².